The second-order valence-electron chi connectivity index (χ2n) is 3.55. The maximum absolute atomic E-state index is 4.12. The average Bonchev–Trinajstić information content (AvgIpc) is 2.79. The van der Waals surface area contributed by atoms with Gasteiger partial charge in [-0.25, -0.2) is 0 Å². The summed E-state index contributed by atoms with van der Waals surface area (Å²) in [7, 11) is 0. The zero-order chi connectivity index (χ0) is 11.2. The third kappa shape index (κ3) is 2.64. The summed E-state index contributed by atoms with van der Waals surface area (Å²) in [5.74, 6) is 1.14. The van der Waals surface area contributed by atoms with E-state index in [0.29, 0.717) is 0 Å². The minimum atomic E-state index is 1.08. The highest BCUT2D eigenvalue weighted by Crippen LogP contribution is 2.29. The van der Waals surface area contributed by atoms with Crippen LogP contribution in [0.1, 0.15) is 19.8 Å². The van der Waals surface area contributed by atoms with E-state index >= 15 is 0 Å². The van der Waals surface area contributed by atoms with E-state index < -0.39 is 0 Å². The summed E-state index contributed by atoms with van der Waals surface area (Å²) in [6, 6.07) is 3.99. The molecule has 0 saturated carbocycles. The second kappa shape index (κ2) is 5.70. The van der Waals surface area contributed by atoms with Crippen LogP contribution in [0.3, 0.4) is 0 Å². The Morgan fingerprint density at radius 1 is 1.38 bits per heavy atom. The highest BCUT2D eigenvalue weighted by molar-refractivity contribution is 7.99. The molecule has 0 aliphatic rings. The molecule has 0 aliphatic carbocycles. The van der Waals surface area contributed by atoms with Gasteiger partial charge in [-0.3, -0.25) is 10.1 Å². The molecule has 0 bridgehead atoms. The molecule has 0 saturated heterocycles. The first-order valence-electron chi connectivity index (χ1n) is 5.48. The average molecular weight is 233 g/mol. The highest BCUT2D eigenvalue weighted by Gasteiger charge is 2.07. The summed E-state index contributed by atoms with van der Waals surface area (Å²) in [4.78, 5) is 5.33. The molecular formula is C12H15N3S. The van der Waals surface area contributed by atoms with Crippen molar-refractivity contribution in [1.82, 2.24) is 15.2 Å². The molecule has 0 spiro atoms. The number of rotatable bonds is 5. The first kappa shape index (κ1) is 11.2. The van der Waals surface area contributed by atoms with E-state index in [1.807, 2.05) is 36.3 Å². The summed E-state index contributed by atoms with van der Waals surface area (Å²) in [5.41, 5.74) is 2.17. The van der Waals surface area contributed by atoms with E-state index in [9.17, 15) is 0 Å². The van der Waals surface area contributed by atoms with E-state index in [1.54, 1.807) is 6.20 Å². The van der Waals surface area contributed by atoms with Gasteiger partial charge in [0.2, 0.25) is 0 Å². The molecule has 0 radical (unpaired) electrons. The number of aromatic amines is 1. The van der Waals surface area contributed by atoms with E-state index in [2.05, 4.69) is 22.1 Å². The number of hydrogen-bond donors (Lipinski definition) is 1. The topological polar surface area (TPSA) is 41.6 Å². The molecular weight excluding hydrogens is 218 g/mol. The van der Waals surface area contributed by atoms with Crippen molar-refractivity contribution in [3.8, 4) is 11.3 Å². The smallest absolute Gasteiger partial charge is 0.0801 e. The third-order valence-corrected chi connectivity index (χ3v) is 3.42. The minimum absolute atomic E-state index is 1.08. The zero-order valence-corrected chi connectivity index (χ0v) is 10.1. The van der Waals surface area contributed by atoms with E-state index in [4.69, 9.17) is 0 Å². The van der Waals surface area contributed by atoms with E-state index in [1.165, 1.54) is 17.7 Å². The summed E-state index contributed by atoms with van der Waals surface area (Å²) < 4.78 is 0. The van der Waals surface area contributed by atoms with Crippen molar-refractivity contribution < 1.29 is 0 Å². The zero-order valence-electron chi connectivity index (χ0n) is 9.31. The Bertz CT molecular complexity index is 425. The van der Waals surface area contributed by atoms with Crippen LogP contribution in [0.25, 0.3) is 11.3 Å². The lowest BCUT2D eigenvalue weighted by molar-refractivity contribution is 0.896. The van der Waals surface area contributed by atoms with Crippen molar-refractivity contribution >= 4 is 11.8 Å². The quantitative estimate of drug-likeness (QED) is 0.636. The highest BCUT2D eigenvalue weighted by atomic mass is 32.2. The van der Waals surface area contributed by atoms with Gasteiger partial charge in [-0.15, -0.1) is 11.8 Å². The SMILES string of the molecule is CCCCSc1cn[nH]c1-c1cccnc1. The molecule has 1 N–H and O–H groups in total. The van der Waals surface area contributed by atoms with E-state index in [-0.39, 0.29) is 0 Å². The summed E-state index contributed by atoms with van der Waals surface area (Å²) in [6.07, 6.45) is 8.00. The van der Waals surface area contributed by atoms with Crippen molar-refractivity contribution in [3.05, 3.63) is 30.7 Å². The number of thioether (sulfide) groups is 1. The van der Waals surface area contributed by atoms with Gasteiger partial charge in [0.25, 0.3) is 0 Å². The molecule has 16 heavy (non-hydrogen) atoms. The molecule has 3 nitrogen and oxygen atoms in total. The number of aromatic nitrogens is 3. The van der Waals surface area contributed by atoms with Crippen molar-refractivity contribution in [2.45, 2.75) is 24.7 Å². The summed E-state index contributed by atoms with van der Waals surface area (Å²) >= 11 is 1.85. The normalized spacial score (nSPS) is 10.6. The molecule has 0 aromatic carbocycles. The lowest BCUT2D eigenvalue weighted by atomic mass is 10.2. The number of H-pyrrole nitrogens is 1. The largest absolute Gasteiger partial charge is 0.277 e. The lowest BCUT2D eigenvalue weighted by Crippen LogP contribution is -1.83. The lowest BCUT2D eigenvalue weighted by Gasteiger charge is -2.01. The van der Waals surface area contributed by atoms with Crippen LogP contribution in [0.4, 0.5) is 0 Å². The fourth-order valence-corrected chi connectivity index (χ4v) is 2.52. The predicted octanol–water partition coefficient (Wildman–Crippen LogP) is 3.36. The molecule has 0 atom stereocenters. The number of nitrogens with one attached hydrogen (secondary N) is 1. The standard InChI is InChI=1S/C12H15N3S/c1-2-3-7-16-11-9-14-15-12(11)10-5-4-6-13-8-10/h4-6,8-9H,2-3,7H2,1H3,(H,14,15). The van der Waals surface area contributed by atoms with Crippen LogP contribution < -0.4 is 0 Å². The Hall–Kier alpha value is -1.29. The Labute approximate surface area is 99.7 Å². The minimum Gasteiger partial charge on any atom is -0.277 e. The third-order valence-electron chi connectivity index (χ3n) is 2.31. The van der Waals surface area contributed by atoms with Gasteiger partial charge in [0, 0.05) is 18.0 Å². The predicted molar refractivity (Wildman–Crippen MR) is 67.5 cm³/mol. The van der Waals surface area contributed by atoms with Crippen LogP contribution in [0.2, 0.25) is 0 Å². The molecule has 2 aromatic heterocycles. The van der Waals surface area contributed by atoms with Gasteiger partial charge in [0.05, 0.1) is 16.8 Å². The number of nitrogens with zero attached hydrogens (tertiary/aromatic N) is 2. The van der Waals surface area contributed by atoms with Gasteiger partial charge >= 0.3 is 0 Å². The van der Waals surface area contributed by atoms with Crippen LogP contribution in [0.15, 0.2) is 35.6 Å². The molecule has 0 amide bonds. The first-order chi connectivity index (χ1) is 7.92. The maximum Gasteiger partial charge on any atom is 0.0801 e. The van der Waals surface area contributed by atoms with Crippen LogP contribution in [0.5, 0.6) is 0 Å². The van der Waals surface area contributed by atoms with Crippen LogP contribution >= 0.6 is 11.8 Å². The number of unbranched alkanes of at least 4 members (excludes halogenated alkanes) is 1. The van der Waals surface area contributed by atoms with Gasteiger partial charge in [0.1, 0.15) is 0 Å². The van der Waals surface area contributed by atoms with Crippen LogP contribution in [-0.4, -0.2) is 20.9 Å². The van der Waals surface area contributed by atoms with Gasteiger partial charge in [0.15, 0.2) is 0 Å². The fraction of sp³-hybridized carbons (Fsp3) is 0.333. The molecule has 4 heteroatoms. The van der Waals surface area contributed by atoms with Gasteiger partial charge in [-0.2, -0.15) is 5.10 Å². The summed E-state index contributed by atoms with van der Waals surface area (Å²) in [6.45, 7) is 2.21. The van der Waals surface area contributed by atoms with Crippen LogP contribution in [0, 0.1) is 0 Å². The molecule has 2 aromatic rings. The van der Waals surface area contributed by atoms with Crippen molar-refractivity contribution in [1.29, 1.82) is 0 Å². The summed E-state index contributed by atoms with van der Waals surface area (Å²) in [5, 5.41) is 7.14. The van der Waals surface area contributed by atoms with Crippen molar-refractivity contribution in [2.24, 2.45) is 0 Å². The monoisotopic (exact) mass is 233 g/mol. The van der Waals surface area contributed by atoms with Crippen LogP contribution in [-0.2, 0) is 0 Å². The molecule has 0 aliphatic heterocycles. The second-order valence-corrected chi connectivity index (χ2v) is 4.69. The molecule has 84 valence electrons. The van der Waals surface area contributed by atoms with Crippen molar-refractivity contribution in [2.75, 3.05) is 5.75 Å². The van der Waals surface area contributed by atoms with Gasteiger partial charge < -0.3 is 0 Å². The number of hydrogen-bond acceptors (Lipinski definition) is 3. The van der Waals surface area contributed by atoms with Gasteiger partial charge in [-0.1, -0.05) is 13.3 Å². The fourth-order valence-electron chi connectivity index (χ4n) is 1.43. The molecule has 0 fully saturated rings. The van der Waals surface area contributed by atoms with Crippen molar-refractivity contribution in [3.63, 3.8) is 0 Å². The first-order valence-corrected chi connectivity index (χ1v) is 6.47. The Kier molecular flexibility index (Phi) is 3.99. The van der Waals surface area contributed by atoms with E-state index in [0.717, 1.165) is 17.0 Å². The maximum atomic E-state index is 4.12. The molecule has 2 heterocycles. The molecule has 0 unspecified atom stereocenters. The molecule has 2 rings (SSSR count). The van der Waals surface area contributed by atoms with Gasteiger partial charge in [-0.05, 0) is 24.3 Å². The Morgan fingerprint density at radius 3 is 3.06 bits per heavy atom. The Balaban J connectivity index is 2.13. The Morgan fingerprint density at radius 2 is 2.31 bits per heavy atom. The number of pyridine rings is 1.